The molecule has 1 aliphatic carbocycles. The molecule has 0 amide bonds. The summed E-state index contributed by atoms with van der Waals surface area (Å²) in [6, 6.07) is 10.2. The summed E-state index contributed by atoms with van der Waals surface area (Å²) < 4.78 is 0. The number of unbranched alkanes of at least 4 members (excludes halogenated alkanes) is 3. The molecule has 4 atom stereocenters. The van der Waals surface area contributed by atoms with E-state index in [1.54, 1.807) is 0 Å². The second kappa shape index (κ2) is 14.7. The van der Waals surface area contributed by atoms with Crippen LogP contribution in [0.25, 0.3) is 0 Å². The number of aryl methyl sites for hydroxylation is 1. The van der Waals surface area contributed by atoms with Crippen molar-refractivity contribution >= 4 is 5.97 Å². The first-order valence-electron chi connectivity index (χ1n) is 10.5. The summed E-state index contributed by atoms with van der Waals surface area (Å²) in [4.78, 5) is 10.5. The van der Waals surface area contributed by atoms with E-state index in [4.69, 9.17) is 5.11 Å². The van der Waals surface area contributed by atoms with Gasteiger partial charge < -0.3 is 21.7 Å². The molecule has 4 nitrogen and oxygen atoms in total. The quantitative estimate of drug-likeness (QED) is 0.299. The van der Waals surface area contributed by atoms with E-state index in [0.717, 1.165) is 64.2 Å². The predicted octanol–water partition coefficient (Wildman–Crippen LogP) is 4.38. The van der Waals surface area contributed by atoms with E-state index >= 15 is 0 Å². The van der Waals surface area contributed by atoms with Crippen LogP contribution in [0.3, 0.4) is 0 Å². The first-order valence-corrected chi connectivity index (χ1v) is 10.5. The van der Waals surface area contributed by atoms with E-state index in [0.29, 0.717) is 5.92 Å². The van der Waals surface area contributed by atoms with E-state index in [9.17, 15) is 15.0 Å². The predicted molar refractivity (Wildman–Crippen MR) is 107 cm³/mol. The Morgan fingerprint density at radius 2 is 1.79 bits per heavy atom. The number of benzene rings is 1. The van der Waals surface area contributed by atoms with Crippen molar-refractivity contribution < 1.29 is 52.8 Å². The SMILES string of the molecule is O=C(O)CCCCCC[C@@H]1[CH-]C[C@@H](O)[C@@H]1CC[C@@H](O)CCc1ccccc1.[Y]. The summed E-state index contributed by atoms with van der Waals surface area (Å²) >= 11 is 0. The van der Waals surface area contributed by atoms with E-state index < -0.39 is 5.97 Å². The average Bonchev–Trinajstić information content (AvgIpc) is 3.01. The third-order valence-corrected chi connectivity index (χ3v) is 5.84. The molecule has 2 rings (SSSR count). The number of hydrogen-bond acceptors (Lipinski definition) is 3. The van der Waals surface area contributed by atoms with Gasteiger partial charge in [-0.05, 0) is 43.6 Å². The van der Waals surface area contributed by atoms with Gasteiger partial charge >= 0.3 is 5.97 Å². The molecule has 1 aromatic rings. The zero-order chi connectivity index (χ0) is 19.5. The van der Waals surface area contributed by atoms with Crippen LogP contribution in [0.2, 0.25) is 0 Å². The van der Waals surface area contributed by atoms with Gasteiger partial charge in [0.25, 0.3) is 0 Å². The molecule has 0 aromatic heterocycles. The van der Waals surface area contributed by atoms with Crippen LogP contribution in [-0.2, 0) is 43.9 Å². The van der Waals surface area contributed by atoms with Crippen LogP contribution in [0.5, 0.6) is 0 Å². The van der Waals surface area contributed by atoms with Gasteiger partial charge in [0.15, 0.2) is 0 Å². The summed E-state index contributed by atoms with van der Waals surface area (Å²) in [5, 5.41) is 29.3. The van der Waals surface area contributed by atoms with Gasteiger partial charge in [0, 0.05) is 45.2 Å². The first-order chi connectivity index (χ1) is 13.1. The number of carbonyl (C=O) groups is 1. The molecule has 3 N–H and O–H groups in total. The molecule has 1 fully saturated rings. The van der Waals surface area contributed by atoms with E-state index in [-0.39, 0.29) is 57.3 Å². The maximum atomic E-state index is 10.5. The molecule has 0 spiro atoms. The summed E-state index contributed by atoms with van der Waals surface area (Å²) in [6.07, 6.45) is 10.9. The van der Waals surface area contributed by atoms with Gasteiger partial charge in [-0.15, -0.1) is 0 Å². The molecule has 5 heteroatoms. The first kappa shape index (κ1) is 25.7. The molecule has 0 aliphatic heterocycles. The maximum absolute atomic E-state index is 10.5. The summed E-state index contributed by atoms with van der Waals surface area (Å²) in [6.45, 7) is 0. The Morgan fingerprint density at radius 1 is 1.07 bits per heavy atom. The van der Waals surface area contributed by atoms with Gasteiger partial charge in [-0.1, -0.05) is 56.0 Å². The number of aliphatic carboxylic acids is 1. The normalized spacial score (nSPS) is 22.6. The van der Waals surface area contributed by atoms with Crippen LogP contribution in [0, 0.1) is 18.3 Å². The second-order valence-corrected chi connectivity index (χ2v) is 7.97. The van der Waals surface area contributed by atoms with E-state index in [1.165, 1.54) is 5.56 Å². The third-order valence-electron chi connectivity index (χ3n) is 5.84. The van der Waals surface area contributed by atoms with Gasteiger partial charge in [-0.3, -0.25) is 4.79 Å². The fourth-order valence-electron chi connectivity index (χ4n) is 4.20. The Kier molecular flexibility index (Phi) is 13.5. The number of hydrogen-bond donors (Lipinski definition) is 3. The second-order valence-electron chi connectivity index (χ2n) is 7.97. The Morgan fingerprint density at radius 3 is 2.50 bits per heavy atom. The standard InChI is InChI=1S/C23H35O4.Y/c24-20(14-12-18-8-4-3-5-9-18)15-16-21-19(13-17-22(21)25)10-6-1-2-7-11-23(26)27;/h3-5,8-9,13,19-22,24-25H,1-2,6-7,10-12,14-17H2,(H,26,27);/q-1;/t19-,20+,21-,22-;/m1./s1. The van der Waals surface area contributed by atoms with Crippen molar-refractivity contribution in [3.8, 4) is 0 Å². The van der Waals surface area contributed by atoms with Gasteiger partial charge in [0.05, 0.1) is 6.10 Å². The Bertz CT molecular complexity index is 537. The van der Waals surface area contributed by atoms with Crippen LogP contribution >= 0.6 is 0 Å². The van der Waals surface area contributed by atoms with Crippen molar-refractivity contribution in [1.29, 1.82) is 0 Å². The fraction of sp³-hybridized carbons (Fsp3) is 0.652. The minimum absolute atomic E-state index is 0. The Balaban J connectivity index is 0.00000392. The van der Waals surface area contributed by atoms with Crippen LogP contribution in [-0.4, -0.2) is 33.5 Å². The molecule has 1 aliphatic rings. The Hall–Kier alpha value is -0.286. The topological polar surface area (TPSA) is 77.8 Å². The molecule has 1 saturated carbocycles. The van der Waals surface area contributed by atoms with Crippen LogP contribution in [0.15, 0.2) is 30.3 Å². The average molecular weight is 464 g/mol. The smallest absolute Gasteiger partial charge is 0.303 e. The molecule has 0 unspecified atom stereocenters. The summed E-state index contributed by atoms with van der Waals surface area (Å²) in [5.74, 6) is -0.0238. The minimum atomic E-state index is -0.715. The van der Waals surface area contributed by atoms with Crippen molar-refractivity contribution in [3.05, 3.63) is 42.3 Å². The molecular formula is C23H35O4Y-. The zero-order valence-electron chi connectivity index (χ0n) is 16.9. The molecule has 28 heavy (non-hydrogen) atoms. The number of aliphatic hydroxyl groups is 2. The van der Waals surface area contributed by atoms with Crippen LogP contribution in [0.4, 0.5) is 0 Å². The summed E-state index contributed by atoms with van der Waals surface area (Å²) in [7, 11) is 0. The van der Waals surface area contributed by atoms with Gasteiger partial charge in [0.1, 0.15) is 0 Å². The van der Waals surface area contributed by atoms with Crippen molar-refractivity contribution in [1.82, 2.24) is 0 Å². The van der Waals surface area contributed by atoms with Gasteiger partial charge in [0.2, 0.25) is 0 Å². The molecule has 0 saturated heterocycles. The van der Waals surface area contributed by atoms with Crippen molar-refractivity contribution in [2.24, 2.45) is 11.8 Å². The van der Waals surface area contributed by atoms with Gasteiger partial charge in [-0.2, -0.15) is 12.3 Å². The van der Waals surface area contributed by atoms with Gasteiger partial charge in [-0.25, -0.2) is 0 Å². The Labute approximate surface area is 195 Å². The maximum Gasteiger partial charge on any atom is 0.303 e. The number of rotatable bonds is 13. The molecule has 1 radical (unpaired) electrons. The number of carboxylic acids is 1. The van der Waals surface area contributed by atoms with Crippen LogP contribution in [0.1, 0.15) is 69.8 Å². The van der Waals surface area contributed by atoms with E-state index in [1.807, 2.05) is 18.2 Å². The monoisotopic (exact) mass is 464 g/mol. The van der Waals surface area contributed by atoms with Crippen molar-refractivity contribution in [3.63, 3.8) is 0 Å². The third kappa shape index (κ3) is 9.96. The van der Waals surface area contributed by atoms with Crippen LogP contribution < -0.4 is 0 Å². The fourth-order valence-corrected chi connectivity index (χ4v) is 4.20. The molecule has 0 heterocycles. The number of aliphatic hydroxyl groups excluding tert-OH is 2. The largest absolute Gasteiger partial charge is 0.481 e. The molecule has 155 valence electrons. The van der Waals surface area contributed by atoms with E-state index in [2.05, 4.69) is 18.6 Å². The minimum Gasteiger partial charge on any atom is -0.481 e. The molecular weight excluding hydrogens is 429 g/mol. The molecule has 0 bridgehead atoms. The molecule has 1 aromatic carbocycles. The number of carboxylic acid groups (broad SMARTS) is 1. The summed E-state index contributed by atoms with van der Waals surface area (Å²) in [5.41, 5.74) is 1.26. The van der Waals surface area contributed by atoms with Crippen molar-refractivity contribution in [2.75, 3.05) is 0 Å². The zero-order valence-corrected chi connectivity index (χ0v) is 19.7. The van der Waals surface area contributed by atoms with Crippen molar-refractivity contribution in [2.45, 2.75) is 82.8 Å².